The van der Waals surface area contributed by atoms with Crippen molar-refractivity contribution in [3.8, 4) is 6.07 Å². The molecule has 0 spiro atoms. The number of halogens is 15. The number of nitriles is 1. The second kappa shape index (κ2) is 8.38. The van der Waals surface area contributed by atoms with Crippen molar-refractivity contribution in [2.24, 2.45) is 0 Å². The van der Waals surface area contributed by atoms with Gasteiger partial charge in [-0.05, 0) is 11.6 Å². The van der Waals surface area contributed by atoms with Gasteiger partial charge in [0.05, 0.1) is 17.0 Å². The van der Waals surface area contributed by atoms with Crippen molar-refractivity contribution >= 4 is 15.9 Å². The zero-order valence-electron chi connectivity index (χ0n) is 16.2. The highest BCUT2D eigenvalue weighted by molar-refractivity contribution is 9.11. The molecule has 16 heteroatoms. The van der Waals surface area contributed by atoms with E-state index in [1.54, 1.807) is 0 Å². The van der Waals surface area contributed by atoms with Crippen LogP contribution in [0.15, 0.2) is 46.5 Å². The first kappa shape index (κ1) is 28.9. The predicted molar refractivity (Wildman–Crippen MR) is 94.1 cm³/mol. The van der Waals surface area contributed by atoms with Crippen molar-refractivity contribution in [2.45, 2.75) is 41.5 Å². The van der Waals surface area contributed by atoms with E-state index in [0.29, 0.717) is 12.1 Å². The molecule has 1 aliphatic rings. The van der Waals surface area contributed by atoms with Crippen LogP contribution in [0.4, 0.5) is 61.5 Å². The molecule has 1 nitrogen and oxygen atoms in total. The molecule has 0 amide bonds. The molecule has 2 atom stereocenters. The Labute approximate surface area is 194 Å². The molecule has 1 aromatic rings. The summed E-state index contributed by atoms with van der Waals surface area (Å²) in [6.07, 6.45) is -22.8. The third-order valence-electron chi connectivity index (χ3n) is 5.00. The minimum atomic E-state index is -7.43. The molecule has 0 fully saturated rings. The molecule has 1 aromatic carbocycles. The fourth-order valence-corrected chi connectivity index (χ4v) is 4.04. The lowest BCUT2D eigenvalue weighted by Gasteiger charge is -2.48. The number of alkyl halides is 14. The Hall–Kier alpha value is -2.31. The number of nitrogens with zero attached hydrogens (tertiary/aromatic N) is 1. The first-order valence-electron chi connectivity index (χ1n) is 8.62. The minimum Gasteiger partial charge on any atom is -0.225 e. The molecule has 1 radical (unpaired) electrons. The van der Waals surface area contributed by atoms with Crippen LogP contribution >= 0.6 is 15.9 Å². The minimum absolute atomic E-state index is 0.215. The number of benzene rings is 1. The van der Waals surface area contributed by atoms with Gasteiger partial charge in [0.2, 0.25) is 0 Å². The highest BCUT2D eigenvalue weighted by Crippen LogP contribution is 2.64. The molecule has 0 saturated carbocycles. The Morgan fingerprint density at radius 2 is 1.23 bits per heavy atom. The maximum Gasteiger partial charge on any atom is 0.457 e. The number of hydrogen-bond acceptors (Lipinski definition) is 1. The normalized spacial score (nSPS) is 22.1. The summed E-state index contributed by atoms with van der Waals surface area (Å²) >= 11 is 2.20. The molecule has 0 bridgehead atoms. The van der Waals surface area contributed by atoms with E-state index in [-0.39, 0.29) is 18.6 Å². The fourth-order valence-electron chi connectivity index (χ4n) is 3.43. The summed E-state index contributed by atoms with van der Waals surface area (Å²) in [7, 11) is 0. The molecule has 2 rings (SSSR count). The van der Waals surface area contributed by atoms with Crippen LogP contribution in [-0.4, -0.2) is 36.0 Å². The zero-order valence-corrected chi connectivity index (χ0v) is 17.7. The Morgan fingerprint density at radius 3 is 1.66 bits per heavy atom. The van der Waals surface area contributed by atoms with Crippen molar-refractivity contribution in [1.29, 1.82) is 5.26 Å². The standard InChI is InChI=1S/C19H7BrF14N/c20-11-5-10(14(21,22)17(26,27)28)6-13(7-11,12-4-2-1-3-9(12)8-35)15(23,18(29,30)31)16(24,25)19(32,33)34/h1-7H. The van der Waals surface area contributed by atoms with Gasteiger partial charge < -0.3 is 0 Å². The van der Waals surface area contributed by atoms with Gasteiger partial charge in [0.1, 0.15) is 0 Å². The Morgan fingerprint density at radius 1 is 0.714 bits per heavy atom. The average molecular weight is 595 g/mol. The van der Waals surface area contributed by atoms with Crippen molar-refractivity contribution < 1.29 is 61.5 Å². The fraction of sp³-hybridized carbons (Fsp3) is 0.368. The van der Waals surface area contributed by atoms with Gasteiger partial charge >= 0.3 is 30.4 Å². The van der Waals surface area contributed by atoms with Crippen LogP contribution in [0.1, 0.15) is 11.1 Å². The lowest BCUT2D eigenvalue weighted by Crippen LogP contribution is -2.71. The van der Waals surface area contributed by atoms with Gasteiger partial charge in [-0.25, -0.2) is 4.39 Å². The van der Waals surface area contributed by atoms with Gasteiger partial charge in [0, 0.05) is 16.5 Å². The van der Waals surface area contributed by atoms with Crippen molar-refractivity contribution in [3.05, 3.63) is 64.0 Å². The van der Waals surface area contributed by atoms with E-state index in [9.17, 15) is 57.1 Å². The summed E-state index contributed by atoms with van der Waals surface area (Å²) in [6, 6.07) is 3.26. The average Bonchev–Trinajstić information content (AvgIpc) is 2.69. The van der Waals surface area contributed by atoms with E-state index < -0.39 is 68.7 Å². The van der Waals surface area contributed by atoms with Gasteiger partial charge in [-0.3, -0.25) is 0 Å². The van der Waals surface area contributed by atoms with Crippen molar-refractivity contribution in [3.63, 3.8) is 0 Å². The highest BCUT2D eigenvalue weighted by Gasteiger charge is 2.87. The summed E-state index contributed by atoms with van der Waals surface area (Å²) in [5, 5.41) is 9.16. The lowest BCUT2D eigenvalue weighted by molar-refractivity contribution is -0.392. The van der Waals surface area contributed by atoms with Crippen LogP contribution in [0.25, 0.3) is 0 Å². The summed E-state index contributed by atoms with van der Waals surface area (Å²) in [5.41, 5.74) is -17.2. The Kier molecular flexibility index (Phi) is 6.92. The Bertz CT molecular complexity index is 1090. The maximum absolute atomic E-state index is 15.8. The molecular formula is C19H7BrF14N. The van der Waals surface area contributed by atoms with Crippen LogP contribution in [0.5, 0.6) is 0 Å². The summed E-state index contributed by atoms with van der Waals surface area (Å²) in [5.74, 6) is -13.6. The van der Waals surface area contributed by atoms with Crippen LogP contribution in [-0.2, 0) is 5.41 Å². The van der Waals surface area contributed by atoms with Crippen LogP contribution < -0.4 is 0 Å². The Balaban J connectivity index is 3.25. The van der Waals surface area contributed by atoms with Gasteiger partial charge in [-0.15, -0.1) is 0 Å². The maximum atomic E-state index is 15.8. The number of rotatable bonds is 4. The summed E-state index contributed by atoms with van der Waals surface area (Å²) < 4.78 is 192. The molecule has 0 aliphatic heterocycles. The lowest BCUT2D eigenvalue weighted by atomic mass is 9.61. The SMILES string of the molecule is N#Cc1ccccc1C1(C(F)(C(F)(F)F)C(F)(F)C(F)(F)F)C=C(Br)[CH]C(C(F)(F)C(F)(F)F)=C1. The molecule has 0 saturated heterocycles. The first-order valence-corrected chi connectivity index (χ1v) is 9.41. The molecule has 35 heavy (non-hydrogen) atoms. The van der Waals surface area contributed by atoms with Crippen molar-refractivity contribution in [2.75, 3.05) is 0 Å². The van der Waals surface area contributed by atoms with E-state index in [4.69, 9.17) is 5.26 Å². The van der Waals surface area contributed by atoms with Crippen LogP contribution in [0.3, 0.4) is 0 Å². The highest BCUT2D eigenvalue weighted by atomic mass is 79.9. The van der Waals surface area contributed by atoms with Gasteiger partial charge in [-0.2, -0.15) is 62.3 Å². The second-order valence-electron chi connectivity index (χ2n) is 7.10. The van der Waals surface area contributed by atoms with Gasteiger partial charge in [0.25, 0.3) is 5.67 Å². The molecule has 2 unspecified atom stereocenters. The largest absolute Gasteiger partial charge is 0.457 e. The summed E-state index contributed by atoms with van der Waals surface area (Å²) in [4.78, 5) is 0. The second-order valence-corrected chi connectivity index (χ2v) is 8.02. The molecule has 1 aliphatic carbocycles. The predicted octanol–water partition coefficient (Wildman–Crippen LogP) is 7.88. The topological polar surface area (TPSA) is 23.8 Å². The van der Waals surface area contributed by atoms with E-state index in [1.165, 1.54) is 0 Å². The number of hydrogen-bond donors (Lipinski definition) is 0. The molecular weight excluding hydrogens is 588 g/mol. The third kappa shape index (κ3) is 4.19. The van der Waals surface area contributed by atoms with Gasteiger partial charge in [-0.1, -0.05) is 46.3 Å². The monoisotopic (exact) mass is 594 g/mol. The molecule has 0 N–H and O–H groups in total. The van der Waals surface area contributed by atoms with Gasteiger partial charge in [0.15, 0.2) is 0 Å². The van der Waals surface area contributed by atoms with E-state index in [1.807, 2.05) is 0 Å². The molecule has 193 valence electrons. The van der Waals surface area contributed by atoms with E-state index in [2.05, 4.69) is 15.9 Å². The first-order chi connectivity index (χ1) is 15.5. The van der Waals surface area contributed by atoms with Crippen molar-refractivity contribution in [1.82, 2.24) is 0 Å². The smallest absolute Gasteiger partial charge is 0.225 e. The van der Waals surface area contributed by atoms with E-state index >= 15 is 4.39 Å². The number of allylic oxidation sites excluding steroid dienone is 4. The molecule has 0 heterocycles. The quantitative estimate of drug-likeness (QED) is 0.325. The zero-order chi connectivity index (χ0) is 27.5. The summed E-state index contributed by atoms with van der Waals surface area (Å²) in [6.45, 7) is 0. The van der Waals surface area contributed by atoms with Crippen LogP contribution in [0.2, 0.25) is 0 Å². The van der Waals surface area contributed by atoms with E-state index in [0.717, 1.165) is 12.1 Å². The molecule has 0 aromatic heterocycles. The third-order valence-corrected chi connectivity index (χ3v) is 5.46. The van der Waals surface area contributed by atoms with Crippen LogP contribution in [0, 0.1) is 17.8 Å².